The highest BCUT2D eigenvalue weighted by Crippen LogP contribution is 2.30. The maximum atomic E-state index is 12.7. The highest BCUT2D eigenvalue weighted by atomic mass is 32.2. The minimum Gasteiger partial charge on any atom is -0.476 e. The molecule has 0 spiro atoms. The van der Waals surface area contributed by atoms with E-state index in [4.69, 9.17) is 0 Å². The van der Waals surface area contributed by atoms with E-state index in [2.05, 4.69) is 5.10 Å². The summed E-state index contributed by atoms with van der Waals surface area (Å²) >= 11 is 0. The number of fused-ring (bicyclic) bond motifs is 1. The topological polar surface area (TPSA) is 95.7 Å². The average molecular weight is 328 g/mol. The highest BCUT2D eigenvalue weighted by molar-refractivity contribution is 7.86. The normalized spacial score (nSPS) is 20.0. The number of carboxylic acid groups (broad SMARTS) is 1. The van der Waals surface area contributed by atoms with Gasteiger partial charge in [-0.3, -0.25) is 4.68 Å². The third-order valence-electron chi connectivity index (χ3n) is 4.69. The van der Waals surface area contributed by atoms with Gasteiger partial charge in [0.1, 0.15) is 0 Å². The lowest BCUT2D eigenvalue weighted by Gasteiger charge is -2.38. The second-order valence-corrected chi connectivity index (χ2v) is 7.88. The van der Waals surface area contributed by atoms with E-state index in [0.717, 1.165) is 25.0 Å². The quantitative estimate of drug-likeness (QED) is 0.852. The molecule has 3 rings (SSSR count). The van der Waals surface area contributed by atoms with Gasteiger partial charge in [0.25, 0.3) is 10.2 Å². The van der Waals surface area contributed by atoms with Crippen LogP contribution in [0.1, 0.15) is 41.0 Å². The van der Waals surface area contributed by atoms with Crippen LogP contribution in [0.5, 0.6) is 0 Å². The van der Waals surface area contributed by atoms with Gasteiger partial charge in [-0.05, 0) is 12.8 Å². The minimum absolute atomic E-state index is 0.0521. The summed E-state index contributed by atoms with van der Waals surface area (Å²) in [6.45, 7) is 0.426. The number of hydrogen-bond donors (Lipinski definition) is 1. The van der Waals surface area contributed by atoms with Crippen molar-refractivity contribution in [2.75, 3.05) is 13.6 Å². The Bertz CT molecular complexity index is 708. The molecule has 1 aromatic heterocycles. The third-order valence-corrected chi connectivity index (χ3v) is 6.68. The summed E-state index contributed by atoms with van der Waals surface area (Å²) in [6.07, 6.45) is 3.31. The van der Waals surface area contributed by atoms with E-state index in [1.165, 1.54) is 8.61 Å². The van der Waals surface area contributed by atoms with Gasteiger partial charge in [-0.1, -0.05) is 6.42 Å². The summed E-state index contributed by atoms with van der Waals surface area (Å²) in [4.78, 5) is 11.3. The average Bonchev–Trinajstić information content (AvgIpc) is 2.74. The van der Waals surface area contributed by atoms with Crippen LogP contribution in [0.3, 0.4) is 0 Å². The number of carboxylic acids is 1. The Labute approximate surface area is 129 Å². The van der Waals surface area contributed by atoms with Crippen LogP contribution < -0.4 is 0 Å². The number of hydrogen-bond acceptors (Lipinski definition) is 4. The molecule has 0 unspecified atom stereocenters. The van der Waals surface area contributed by atoms with Crippen molar-refractivity contribution in [1.82, 2.24) is 18.4 Å². The largest absolute Gasteiger partial charge is 0.476 e. The number of carbonyl (C=O) groups is 1. The second kappa shape index (κ2) is 5.32. The molecular formula is C13H20N4O4S. The van der Waals surface area contributed by atoms with Crippen molar-refractivity contribution >= 4 is 16.2 Å². The van der Waals surface area contributed by atoms with Crippen molar-refractivity contribution in [2.24, 2.45) is 7.05 Å². The third kappa shape index (κ3) is 2.33. The van der Waals surface area contributed by atoms with Gasteiger partial charge in [-0.2, -0.15) is 22.1 Å². The first kappa shape index (κ1) is 15.4. The Balaban J connectivity index is 1.88. The summed E-state index contributed by atoms with van der Waals surface area (Å²) in [6, 6.07) is 0.0687. The molecule has 9 heteroatoms. The second-order valence-electron chi connectivity index (χ2n) is 5.89. The first-order valence-electron chi connectivity index (χ1n) is 7.33. The first-order valence-corrected chi connectivity index (χ1v) is 8.73. The fourth-order valence-electron chi connectivity index (χ4n) is 3.06. The van der Waals surface area contributed by atoms with Gasteiger partial charge in [0.15, 0.2) is 5.69 Å². The molecule has 0 radical (unpaired) electrons. The van der Waals surface area contributed by atoms with E-state index in [9.17, 15) is 18.3 Å². The summed E-state index contributed by atoms with van der Waals surface area (Å²) in [5.41, 5.74) is 1.26. The monoisotopic (exact) mass is 328 g/mol. The fraction of sp³-hybridized carbons (Fsp3) is 0.692. The van der Waals surface area contributed by atoms with Crippen molar-refractivity contribution in [3.63, 3.8) is 0 Å². The van der Waals surface area contributed by atoms with Gasteiger partial charge in [0, 0.05) is 50.9 Å². The first-order chi connectivity index (χ1) is 10.3. The van der Waals surface area contributed by atoms with Crippen LogP contribution in [-0.2, 0) is 30.2 Å². The molecule has 8 nitrogen and oxygen atoms in total. The highest BCUT2D eigenvalue weighted by Gasteiger charge is 2.38. The van der Waals surface area contributed by atoms with Crippen LogP contribution in [0.2, 0.25) is 0 Å². The SMILES string of the molecule is CN(C1CCC1)S(=O)(=O)N1CCc2c(c(C(=O)O)nn2C)C1. The molecular weight excluding hydrogens is 308 g/mol. The summed E-state index contributed by atoms with van der Waals surface area (Å²) in [7, 11) is -0.264. The molecule has 2 aliphatic rings. The lowest BCUT2D eigenvalue weighted by molar-refractivity contribution is 0.0687. The zero-order chi connectivity index (χ0) is 16.1. The molecule has 1 fully saturated rings. The number of rotatable bonds is 4. The van der Waals surface area contributed by atoms with Crippen molar-refractivity contribution in [2.45, 2.75) is 38.3 Å². The molecule has 1 aliphatic carbocycles. The molecule has 0 saturated heterocycles. The number of aromatic nitrogens is 2. The predicted molar refractivity (Wildman–Crippen MR) is 78.6 cm³/mol. The van der Waals surface area contributed by atoms with E-state index >= 15 is 0 Å². The van der Waals surface area contributed by atoms with Crippen molar-refractivity contribution in [3.05, 3.63) is 17.0 Å². The molecule has 122 valence electrons. The molecule has 0 amide bonds. The van der Waals surface area contributed by atoms with E-state index in [-0.39, 0.29) is 18.3 Å². The Hall–Kier alpha value is -1.45. The van der Waals surface area contributed by atoms with Gasteiger partial charge in [-0.15, -0.1) is 0 Å². The van der Waals surface area contributed by atoms with Crippen LogP contribution >= 0.6 is 0 Å². The van der Waals surface area contributed by atoms with Crippen molar-refractivity contribution < 1.29 is 18.3 Å². The van der Waals surface area contributed by atoms with E-state index in [1.54, 1.807) is 18.8 Å². The fourth-order valence-corrected chi connectivity index (χ4v) is 4.62. The lowest BCUT2D eigenvalue weighted by Crippen LogP contribution is -2.50. The zero-order valence-electron chi connectivity index (χ0n) is 12.7. The zero-order valence-corrected chi connectivity index (χ0v) is 13.5. The maximum Gasteiger partial charge on any atom is 0.356 e. The van der Waals surface area contributed by atoms with Gasteiger partial charge in [0.2, 0.25) is 0 Å². The molecule has 1 N–H and O–H groups in total. The number of nitrogens with zero attached hydrogens (tertiary/aromatic N) is 4. The van der Waals surface area contributed by atoms with Crippen LogP contribution in [0.4, 0.5) is 0 Å². The Morgan fingerprint density at radius 2 is 2.09 bits per heavy atom. The number of aryl methyl sites for hydroxylation is 1. The van der Waals surface area contributed by atoms with Crippen LogP contribution in [0.25, 0.3) is 0 Å². The summed E-state index contributed by atoms with van der Waals surface area (Å²) in [5, 5.41) is 13.2. The molecule has 2 heterocycles. The lowest BCUT2D eigenvalue weighted by atomic mass is 9.94. The van der Waals surface area contributed by atoms with E-state index in [0.29, 0.717) is 18.5 Å². The van der Waals surface area contributed by atoms with Crippen LogP contribution in [0.15, 0.2) is 0 Å². The molecule has 1 aliphatic heterocycles. The summed E-state index contributed by atoms with van der Waals surface area (Å²) in [5.74, 6) is -1.12. The van der Waals surface area contributed by atoms with Gasteiger partial charge in [0.05, 0.1) is 0 Å². The smallest absolute Gasteiger partial charge is 0.356 e. The van der Waals surface area contributed by atoms with E-state index in [1.807, 2.05) is 0 Å². The molecule has 1 saturated carbocycles. The molecule has 1 aromatic rings. The Morgan fingerprint density at radius 1 is 1.41 bits per heavy atom. The molecule has 22 heavy (non-hydrogen) atoms. The standard InChI is InChI=1S/C13H20N4O4S/c1-15-11-6-7-17(8-10(11)12(14-15)13(18)19)22(20,21)16(2)9-4-3-5-9/h9H,3-8H2,1-2H3,(H,18,19). The predicted octanol–water partition coefficient (Wildman–Crippen LogP) is 0.206. The summed E-state index contributed by atoms with van der Waals surface area (Å²) < 4.78 is 29.7. The van der Waals surface area contributed by atoms with E-state index < -0.39 is 16.2 Å². The van der Waals surface area contributed by atoms with Crippen LogP contribution in [0, 0.1) is 0 Å². The number of aromatic carboxylic acids is 1. The van der Waals surface area contributed by atoms with Crippen molar-refractivity contribution in [3.8, 4) is 0 Å². The van der Waals surface area contributed by atoms with Gasteiger partial charge in [-0.25, -0.2) is 4.79 Å². The molecule has 0 atom stereocenters. The van der Waals surface area contributed by atoms with Crippen LogP contribution in [-0.4, -0.2) is 57.5 Å². The maximum absolute atomic E-state index is 12.7. The minimum atomic E-state index is -3.56. The van der Waals surface area contributed by atoms with Crippen molar-refractivity contribution in [1.29, 1.82) is 0 Å². The Morgan fingerprint density at radius 3 is 2.64 bits per heavy atom. The Kier molecular flexibility index (Phi) is 3.74. The van der Waals surface area contributed by atoms with Gasteiger partial charge < -0.3 is 5.11 Å². The molecule has 0 aromatic carbocycles. The van der Waals surface area contributed by atoms with Gasteiger partial charge >= 0.3 is 5.97 Å². The molecule has 0 bridgehead atoms.